The number of amidine groups is 1. The second-order valence-corrected chi connectivity index (χ2v) is 7.15. The van der Waals surface area contributed by atoms with Crippen LogP contribution in [0.4, 0.5) is 5.69 Å². The van der Waals surface area contributed by atoms with E-state index in [4.69, 9.17) is 5.73 Å². The smallest absolute Gasteiger partial charge is 0.141 e. The fraction of sp³-hybridized carbons (Fsp3) is 0.353. The van der Waals surface area contributed by atoms with Gasteiger partial charge in [0.25, 0.3) is 0 Å². The maximum atomic E-state index is 5.99. The summed E-state index contributed by atoms with van der Waals surface area (Å²) in [6.45, 7) is 6.81. The van der Waals surface area contributed by atoms with Gasteiger partial charge >= 0.3 is 0 Å². The third-order valence-corrected chi connectivity index (χ3v) is 4.02. The Hall–Kier alpha value is -1.61. The molecular weight excluding hydrogens is 264 g/mol. The molecule has 0 aliphatic carbocycles. The third-order valence-electron chi connectivity index (χ3n) is 3.12. The predicted octanol–water partition coefficient (Wildman–Crippen LogP) is 4.76. The zero-order valence-corrected chi connectivity index (χ0v) is 13.2. The van der Waals surface area contributed by atoms with Crippen molar-refractivity contribution in [2.75, 3.05) is 0 Å². The van der Waals surface area contributed by atoms with Crippen molar-refractivity contribution in [2.24, 2.45) is 16.1 Å². The molecule has 1 aromatic carbocycles. The average molecular weight is 286 g/mol. The number of aliphatic imine (C=N–C) groups is 1. The number of nitrogens with two attached hydrogens (primary N) is 1. The molecule has 0 atom stereocenters. The van der Waals surface area contributed by atoms with E-state index < -0.39 is 0 Å². The van der Waals surface area contributed by atoms with E-state index in [0.29, 0.717) is 11.3 Å². The molecule has 0 unspecified atom stereocenters. The first kappa shape index (κ1) is 14.8. The van der Waals surface area contributed by atoms with Gasteiger partial charge in [0.2, 0.25) is 0 Å². The van der Waals surface area contributed by atoms with Crippen molar-refractivity contribution in [3.63, 3.8) is 0 Å². The first-order valence-corrected chi connectivity index (χ1v) is 7.79. The van der Waals surface area contributed by atoms with Crippen LogP contribution in [0.25, 0.3) is 0 Å². The lowest BCUT2D eigenvalue weighted by Crippen LogP contribution is -2.10. The standard InChI is InChI=1S/C17H22N2S/c1-17(2,3)11-10-13-6-8-14(9-7-13)19-16(18)15-5-4-12-20-15/h4-9,12H,10-11H2,1-3H3,(H2,18,19). The van der Waals surface area contributed by atoms with Crippen molar-refractivity contribution in [1.29, 1.82) is 0 Å². The van der Waals surface area contributed by atoms with Crippen LogP contribution in [0.5, 0.6) is 0 Å². The summed E-state index contributed by atoms with van der Waals surface area (Å²) in [5, 5.41) is 2.01. The van der Waals surface area contributed by atoms with Crippen LogP contribution in [0.1, 0.15) is 37.6 Å². The Morgan fingerprint density at radius 2 is 1.85 bits per heavy atom. The second-order valence-electron chi connectivity index (χ2n) is 6.20. The molecule has 0 saturated heterocycles. The van der Waals surface area contributed by atoms with Gasteiger partial charge in [-0.1, -0.05) is 39.0 Å². The highest BCUT2D eigenvalue weighted by atomic mass is 32.1. The van der Waals surface area contributed by atoms with Gasteiger partial charge in [0.1, 0.15) is 5.84 Å². The molecule has 0 saturated carbocycles. The number of hydrogen-bond donors (Lipinski definition) is 1. The largest absolute Gasteiger partial charge is 0.383 e. The van der Waals surface area contributed by atoms with Gasteiger partial charge in [0.05, 0.1) is 10.6 Å². The fourth-order valence-corrected chi connectivity index (χ4v) is 2.50. The van der Waals surface area contributed by atoms with Crippen molar-refractivity contribution >= 4 is 22.9 Å². The molecular formula is C17H22N2S. The molecule has 2 aromatic rings. The summed E-state index contributed by atoms with van der Waals surface area (Å²) in [5.74, 6) is 0.586. The number of aryl methyl sites for hydroxylation is 1. The van der Waals surface area contributed by atoms with Crippen LogP contribution in [0.2, 0.25) is 0 Å². The molecule has 0 amide bonds. The Morgan fingerprint density at radius 1 is 1.15 bits per heavy atom. The SMILES string of the molecule is CC(C)(C)CCc1ccc(N=C(N)c2cccs2)cc1. The average Bonchev–Trinajstić information content (AvgIpc) is 2.91. The third kappa shape index (κ3) is 4.49. The van der Waals surface area contributed by atoms with Crippen molar-refractivity contribution in [3.8, 4) is 0 Å². The van der Waals surface area contributed by atoms with Crippen molar-refractivity contribution < 1.29 is 0 Å². The maximum Gasteiger partial charge on any atom is 0.141 e. The minimum Gasteiger partial charge on any atom is -0.383 e. The molecule has 3 heteroatoms. The van der Waals surface area contributed by atoms with E-state index in [9.17, 15) is 0 Å². The van der Waals surface area contributed by atoms with E-state index >= 15 is 0 Å². The van der Waals surface area contributed by atoms with E-state index in [1.807, 2.05) is 29.6 Å². The lowest BCUT2D eigenvalue weighted by Gasteiger charge is -2.17. The first-order chi connectivity index (χ1) is 9.44. The van der Waals surface area contributed by atoms with Gasteiger partial charge in [0, 0.05) is 0 Å². The van der Waals surface area contributed by atoms with Gasteiger partial charge in [-0.2, -0.15) is 0 Å². The monoisotopic (exact) mass is 286 g/mol. The molecule has 0 radical (unpaired) electrons. The second kappa shape index (κ2) is 6.23. The topological polar surface area (TPSA) is 38.4 Å². The number of rotatable bonds is 4. The Labute approximate surface area is 125 Å². The van der Waals surface area contributed by atoms with Crippen LogP contribution in [0.3, 0.4) is 0 Å². The summed E-state index contributed by atoms with van der Waals surface area (Å²) in [5.41, 5.74) is 8.63. The van der Waals surface area contributed by atoms with Crippen molar-refractivity contribution in [3.05, 3.63) is 52.2 Å². The van der Waals surface area contributed by atoms with Crippen LogP contribution in [-0.4, -0.2) is 5.84 Å². The van der Waals surface area contributed by atoms with Gasteiger partial charge in [0.15, 0.2) is 0 Å². The highest BCUT2D eigenvalue weighted by Gasteiger charge is 2.09. The maximum absolute atomic E-state index is 5.99. The number of nitrogens with zero attached hydrogens (tertiary/aromatic N) is 1. The van der Waals surface area contributed by atoms with Crippen LogP contribution in [-0.2, 0) is 6.42 Å². The fourth-order valence-electron chi connectivity index (χ4n) is 1.87. The number of thiophene rings is 1. The molecule has 2 nitrogen and oxygen atoms in total. The van der Waals surface area contributed by atoms with Gasteiger partial charge in [-0.3, -0.25) is 0 Å². The van der Waals surface area contributed by atoms with Crippen molar-refractivity contribution in [1.82, 2.24) is 0 Å². The van der Waals surface area contributed by atoms with Gasteiger partial charge in [-0.25, -0.2) is 4.99 Å². The molecule has 0 spiro atoms. The molecule has 1 heterocycles. The van der Waals surface area contributed by atoms with E-state index in [1.165, 1.54) is 12.0 Å². The molecule has 20 heavy (non-hydrogen) atoms. The van der Waals surface area contributed by atoms with Crippen LogP contribution < -0.4 is 5.73 Å². The minimum atomic E-state index is 0.375. The Morgan fingerprint density at radius 3 is 2.40 bits per heavy atom. The van der Waals surface area contributed by atoms with Crippen LogP contribution in [0.15, 0.2) is 46.8 Å². The Kier molecular flexibility index (Phi) is 4.61. The molecule has 0 aliphatic heterocycles. The zero-order valence-electron chi connectivity index (χ0n) is 12.4. The van der Waals surface area contributed by atoms with E-state index in [1.54, 1.807) is 11.3 Å². The Bertz CT molecular complexity index is 560. The Balaban J connectivity index is 2.03. The summed E-state index contributed by atoms with van der Waals surface area (Å²) in [4.78, 5) is 5.47. The highest BCUT2D eigenvalue weighted by molar-refractivity contribution is 7.12. The summed E-state index contributed by atoms with van der Waals surface area (Å²) in [7, 11) is 0. The van der Waals surface area contributed by atoms with Gasteiger partial charge in [-0.15, -0.1) is 11.3 Å². The van der Waals surface area contributed by atoms with Gasteiger partial charge in [-0.05, 0) is 47.4 Å². The molecule has 0 aliphatic rings. The highest BCUT2D eigenvalue weighted by Crippen LogP contribution is 2.23. The normalized spacial score (nSPS) is 12.7. The first-order valence-electron chi connectivity index (χ1n) is 6.91. The van der Waals surface area contributed by atoms with Crippen LogP contribution >= 0.6 is 11.3 Å². The number of hydrogen-bond acceptors (Lipinski definition) is 2. The summed E-state index contributed by atoms with van der Waals surface area (Å²) in [6, 6.07) is 12.3. The molecule has 106 valence electrons. The van der Waals surface area contributed by atoms with E-state index in [-0.39, 0.29) is 0 Å². The van der Waals surface area contributed by atoms with Crippen LogP contribution in [0, 0.1) is 5.41 Å². The summed E-state index contributed by atoms with van der Waals surface area (Å²) < 4.78 is 0. The molecule has 1 aromatic heterocycles. The lowest BCUT2D eigenvalue weighted by atomic mass is 9.89. The van der Waals surface area contributed by atoms with Crippen molar-refractivity contribution in [2.45, 2.75) is 33.6 Å². The quantitative estimate of drug-likeness (QED) is 0.638. The zero-order chi connectivity index (χ0) is 14.6. The molecule has 0 fully saturated rings. The molecule has 0 bridgehead atoms. The predicted molar refractivity (Wildman–Crippen MR) is 88.9 cm³/mol. The lowest BCUT2D eigenvalue weighted by molar-refractivity contribution is 0.378. The van der Waals surface area contributed by atoms with Gasteiger partial charge < -0.3 is 5.73 Å². The van der Waals surface area contributed by atoms with E-state index in [2.05, 4.69) is 37.9 Å². The molecule has 2 N–H and O–H groups in total. The summed E-state index contributed by atoms with van der Waals surface area (Å²) in [6.07, 6.45) is 2.29. The number of benzene rings is 1. The summed E-state index contributed by atoms with van der Waals surface area (Å²) >= 11 is 1.61. The van der Waals surface area contributed by atoms with E-state index in [0.717, 1.165) is 17.0 Å². The minimum absolute atomic E-state index is 0.375. The molecule has 2 rings (SSSR count).